The predicted octanol–water partition coefficient (Wildman–Crippen LogP) is 2.16. The van der Waals surface area contributed by atoms with Crippen LogP contribution in [0.25, 0.3) is 0 Å². The minimum atomic E-state index is -0.394. The van der Waals surface area contributed by atoms with Crippen molar-refractivity contribution in [3.8, 4) is 0 Å². The van der Waals surface area contributed by atoms with E-state index in [-0.39, 0.29) is 10.9 Å². The Morgan fingerprint density at radius 1 is 1.33 bits per heavy atom. The van der Waals surface area contributed by atoms with Gasteiger partial charge in [0.1, 0.15) is 5.82 Å². The molecule has 1 aromatic carbocycles. The normalized spacial score (nSPS) is 16.2. The monoisotopic (exact) mass is 314 g/mol. The maximum absolute atomic E-state index is 13.1. The molecule has 0 radical (unpaired) electrons. The van der Waals surface area contributed by atoms with Crippen LogP contribution in [0.3, 0.4) is 0 Å². The third kappa shape index (κ3) is 4.66. The Kier molecular flexibility index (Phi) is 5.96. The molecular formula is C15H20ClFN2O2. The zero-order valence-electron chi connectivity index (χ0n) is 12.1. The average Bonchev–Trinajstić information content (AvgIpc) is 2.49. The van der Waals surface area contributed by atoms with Gasteiger partial charge in [-0.15, -0.1) is 0 Å². The van der Waals surface area contributed by atoms with Crippen molar-refractivity contribution in [1.82, 2.24) is 9.80 Å². The molecule has 0 saturated carbocycles. The van der Waals surface area contributed by atoms with Crippen molar-refractivity contribution in [2.24, 2.45) is 0 Å². The van der Waals surface area contributed by atoms with E-state index in [1.807, 2.05) is 4.90 Å². The number of amides is 1. The first kappa shape index (κ1) is 16.2. The van der Waals surface area contributed by atoms with Crippen LogP contribution in [0, 0.1) is 5.82 Å². The summed E-state index contributed by atoms with van der Waals surface area (Å²) in [5, 5.41) is 0.154. The molecule has 21 heavy (non-hydrogen) atoms. The Bertz CT molecular complexity index is 491. The van der Waals surface area contributed by atoms with Crippen LogP contribution >= 0.6 is 11.6 Å². The quantitative estimate of drug-likeness (QED) is 0.835. The van der Waals surface area contributed by atoms with E-state index in [1.165, 1.54) is 6.07 Å². The molecular weight excluding hydrogens is 295 g/mol. The molecule has 1 heterocycles. The number of carbonyl (C=O) groups excluding carboxylic acids is 1. The lowest BCUT2D eigenvalue weighted by atomic mass is 10.2. The molecule has 0 bridgehead atoms. The van der Waals surface area contributed by atoms with Gasteiger partial charge in [-0.2, -0.15) is 0 Å². The van der Waals surface area contributed by atoms with Gasteiger partial charge in [-0.05, 0) is 17.7 Å². The van der Waals surface area contributed by atoms with Crippen LogP contribution in [-0.2, 0) is 16.1 Å². The summed E-state index contributed by atoms with van der Waals surface area (Å²) >= 11 is 5.79. The zero-order chi connectivity index (χ0) is 15.2. The highest BCUT2D eigenvalue weighted by atomic mass is 35.5. The number of piperazine rings is 1. The van der Waals surface area contributed by atoms with Crippen molar-refractivity contribution in [2.75, 3.05) is 39.9 Å². The Hall–Kier alpha value is -1.17. The number of benzene rings is 1. The van der Waals surface area contributed by atoms with E-state index in [1.54, 1.807) is 19.2 Å². The van der Waals surface area contributed by atoms with Gasteiger partial charge >= 0.3 is 0 Å². The molecule has 6 heteroatoms. The Balaban J connectivity index is 1.81. The summed E-state index contributed by atoms with van der Waals surface area (Å²) in [4.78, 5) is 16.0. The Morgan fingerprint density at radius 3 is 2.67 bits per heavy atom. The van der Waals surface area contributed by atoms with Crippen LogP contribution in [0.2, 0.25) is 5.02 Å². The number of ether oxygens (including phenoxy) is 1. The molecule has 1 saturated heterocycles. The number of nitrogens with zero attached hydrogens (tertiary/aromatic N) is 2. The van der Waals surface area contributed by atoms with Crippen LogP contribution < -0.4 is 0 Å². The van der Waals surface area contributed by atoms with Gasteiger partial charge in [0.05, 0.1) is 18.1 Å². The summed E-state index contributed by atoms with van der Waals surface area (Å²) < 4.78 is 18.0. The third-order valence-electron chi connectivity index (χ3n) is 3.64. The molecule has 0 unspecified atom stereocenters. The number of carbonyl (C=O) groups is 1. The molecule has 0 aromatic heterocycles. The van der Waals surface area contributed by atoms with E-state index in [2.05, 4.69) is 4.90 Å². The van der Waals surface area contributed by atoms with Gasteiger partial charge in [0.25, 0.3) is 0 Å². The third-order valence-corrected chi connectivity index (χ3v) is 3.92. The largest absolute Gasteiger partial charge is 0.384 e. The fourth-order valence-corrected chi connectivity index (χ4v) is 2.60. The fraction of sp³-hybridized carbons (Fsp3) is 0.533. The highest BCUT2D eigenvalue weighted by Gasteiger charge is 2.20. The number of halogens is 2. The summed E-state index contributed by atoms with van der Waals surface area (Å²) in [6.45, 7) is 4.25. The fourth-order valence-electron chi connectivity index (χ4n) is 2.40. The van der Waals surface area contributed by atoms with Crippen LogP contribution in [0.1, 0.15) is 12.0 Å². The van der Waals surface area contributed by atoms with E-state index in [0.29, 0.717) is 13.0 Å². The molecule has 4 nitrogen and oxygen atoms in total. The van der Waals surface area contributed by atoms with Gasteiger partial charge in [0, 0.05) is 39.8 Å². The van der Waals surface area contributed by atoms with Gasteiger partial charge in [0.2, 0.25) is 5.91 Å². The maximum Gasteiger partial charge on any atom is 0.224 e. The Labute approximate surface area is 129 Å². The first-order valence-electron chi connectivity index (χ1n) is 7.03. The van der Waals surface area contributed by atoms with Crippen molar-refractivity contribution in [1.29, 1.82) is 0 Å². The molecule has 116 valence electrons. The SMILES string of the molecule is COCCC(=O)N1CCN(Cc2ccc(F)c(Cl)c2)CC1. The van der Waals surface area contributed by atoms with Crippen molar-refractivity contribution in [3.05, 3.63) is 34.6 Å². The highest BCUT2D eigenvalue weighted by molar-refractivity contribution is 6.30. The van der Waals surface area contributed by atoms with E-state index < -0.39 is 5.82 Å². The van der Waals surface area contributed by atoms with Gasteiger partial charge in [-0.3, -0.25) is 9.69 Å². The van der Waals surface area contributed by atoms with E-state index >= 15 is 0 Å². The van der Waals surface area contributed by atoms with Crippen molar-refractivity contribution < 1.29 is 13.9 Å². The van der Waals surface area contributed by atoms with Gasteiger partial charge in [0.15, 0.2) is 0 Å². The highest BCUT2D eigenvalue weighted by Crippen LogP contribution is 2.18. The first-order chi connectivity index (χ1) is 10.1. The van der Waals surface area contributed by atoms with Crippen LogP contribution in [-0.4, -0.2) is 55.6 Å². The second kappa shape index (κ2) is 7.73. The average molecular weight is 315 g/mol. The van der Waals surface area contributed by atoms with Crippen LogP contribution in [0.4, 0.5) is 4.39 Å². The minimum absolute atomic E-state index is 0.140. The maximum atomic E-state index is 13.1. The molecule has 2 rings (SSSR count). The van der Waals surface area contributed by atoms with E-state index in [0.717, 1.165) is 38.3 Å². The summed E-state index contributed by atoms with van der Waals surface area (Å²) in [5.41, 5.74) is 0.987. The lowest BCUT2D eigenvalue weighted by Gasteiger charge is -2.34. The molecule has 1 aliphatic heterocycles. The number of hydrogen-bond acceptors (Lipinski definition) is 3. The molecule has 1 fully saturated rings. The molecule has 1 amide bonds. The van der Waals surface area contributed by atoms with Gasteiger partial charge < -0.3 is 9.64 Å². The second-order valence-corrected chi connectivity index (χ2v) is 5.56. The van der Waals surface area contributed by atoms with Crippen molar-refractivity contribution >= 4 is 17.5 Å². The lowest BCUT2D eigenvalue weighted by molar-refractivity contribution is -0.133. The van der Waals surface area contributed by atoms with Crippen molar-refractivity contribution in [3.63, 3.8) is 0 Å². The zero-order valence-corrected chi connectivity index (χ0v) is 12.9. The molecule has 0 N–H and O–H groups in total. The smallest absolute Gasteiger partial charge is 0.224 e. The molecule has 0 atom stereocenters. The summed E-state index contributed by atoms with van der Waals surface area (Å²) in [7, 11) is 1.60. The van der Waals surface area contributed by atoms with Gasteiger partial charge in [-0.1, -0.05) is 17.7 Å². The van der Waals surface area contributed by atoms with E-state index in [9.17, 15) is 9.18 Å². The van der Waals surface area contributed by atoms with Crippen LogP contribution in [0.15, 0.2) is 18.2 Å². The summed E-state index contributed by atoms with van der Waals surface area (Å²) in [5.74, 6) is -0.254. The Morgan fingerprint density at radius 2 is 2.05 bits per heavy atom. The standard InChI is InChI=1S/C15H20ClFN2O2/c1-21-9-4-15(20)19-7-5-18(6-8-19)11-12-2-3-14(17)13(16)10-12/h2-3,10H,4-9,11H2,1H3. The molecule has 0 aliphatic carbocycles. The predicted molar refractivity (Wildman–Crippen MR) is 79.8 cm³/mol. The molecule has 1 aromatic rings. The number of methoxy groups -OCH3 is 1. The summed E-state index contributed by atoms with van der Waals surface area (Å²) in [6, 6.07) is 4.80. The topological polar surface area (TPSA) is 32.8 Å². The van der Waals surface area contributed by atoms with E-state index in [4.69, 9.17) is 16.3 Å². The number of rotatable bonds is 5. The number of hydrogen-bond donors (Lipinski definition) is 0. The second-order valence-electron chi connectivity index (χ2n) is 5.15. The minimum Gasteiger partial charge on any atom is -0.384 e. The lowest BCUT2D eigenvalue weighted by Crippen LogP contribution is -2.48. The molecule has 1 aliphatic rings. The first-order valence-corrected chi connectivity index (χ1v) is 7.41. The van der Waals surface area contributed by atoms with Gasteiger partial charge in [-0.25, -0.2) is 4.39 Å². The van der Waals surface area contributed by atoms with Crippen molar-refractivity contribution in [2.45, 2.75) is 13.0 Å². The van der Waals surface area contributed by atoms with Crippen LogP contribution in [0.5, 0.6) is 0 Å². The summed E-state index contributed by atoms with van der Waals surface area (Å²) in [6.07, 6.45) is 0.435. The molecule has 0 spiro atoms.